The molecule has 0 aromatic heterocycles. The largest absolute Gasteiger partial charge is 0.507 e. The van der Waals surface area contributed by atoms with E-state index in [2.05, 4.69) is 6.58 Å². The maximum absolute atomic E-state index is 13.1. The fraction of sp³-hybridized carbons (Fsp3) is 0.280. The van der Waals surface area contributed by atoms with Crippen molar-refractivity contribution in [3.05, 3.63) is 71.8 Å². The first-order valence-electron chi connectivity index (χ1n) is 10.3. The number of nitrogens with zero attached hydrogens (tertiary/aromatic N) is 1. The van der Waals surface area contributed by atoms with E-state index in [0.717, 1.165) is 0 Å². The Labute approximate surface area is 192 Å². The summed E-state index contributed by atoms with van der Waals surface area (Å²) >= 11 is 0. The lowest BCUT2D eigenvalue weighted by atomic mass is 9.95. The number of Topliss-reactive ketones (excluding diaryl/α,β-unsaturated/α-hetero) is 1. The summed E-state index contributed by atoms with van der Waals surface area (Å²) in [5.74, 6) is -0.394. The minimum absolute atomic E-state index is 0.0239. The van der Waals surface area contributed by atoms with Crippen molar-refractivity contribution < 1.29 is 33.6 Å². The molecule has 0 bridgehead atoms. The lowest BCUT2D eigenvalue weighted by Gasteiger charge is -2.25. The maximum Gasteiger partial charge on any atom is 0.295 e. The number of aliphatic hydroxyl groups excluding tert-OH is 1. The summed E-state index contributed by atoms with van der Waals surface area (Å²) in [6.45, 7) is 4.35. The number of benzene rings is 2. The van der Waals surface area contributed by atoms with Crippen LogP contribution in [0.2, 0.25) is 0 Å². The van der Waals surface area contributed by atoms with Crippen LogP contribution in [0.1, 0.15) is 17.2 Å². The summed E-state index contributed by atoms with van der Waals surface area (Å²) in [5, 5.41) is 11.2. The van der Waals surface area contributed by atoms with Crippen molar-refractivity contribution in [3.63, 3.8) is 0 Å². The summed E-state index contributed by atoms with van der Waals surface area (Å²) < 4.78 is 21.3. The number of amides is 1. The van der Waals surface area contributed by atoms with Crippen molar-refractivity contribution in [1.82, 2.24) is 4.90 Å². The molecule has 174 valence electrons. The first kappa shape index (κ1) is 23.9. The van der Waals surface area contributed by atoms with E-state index in [-0.39, 0.29) is 24.5 Å². The van der Waals surface area contributed by atoms with Crippen molar-refractivity contribution in [2.75, 3.05) is 41.1 Å². The van der Waals surface area contributed by atoms with Crippen LogP contribution < -0.4 is 14.2 Å². The first-order chi connectivity index (χ1) is 16.0. The predicted molar refractivity (Wildman–Crippen MR) is 123 cm³/mol. The van der Waals surface area contributed by atoms with Crippen LogP contribution in [0.15, 0.2) is 60.7 Å². The van der Waals surface area contributed by atoms with Crippen molar-refractivity contribution in [2.45, 2.75) is 6.04 Å². The lowest BCUT2D eigenvalue weighted by Crippen LogP contribution is -2.32. The van der Waals surface area contributed by atoms with Crippen LogP contribution in [0.25, 0.3) is 5.76 Å². The molecule has 8 heteroatoms. The number of carbonyl (C=O) groups excluding carboxylic acids is 2. The van der Waals surface area contributed by atoms with Crippen LogP contribution in [0.4, 0.5) is 0 Å². The minimum atomic E-state index is -0.819. The number of hydrogen-bond donors (Lipinski definition) is 1. The van der Waals surface area contributed by atoms with Crippen LogP contribution >= 0.6 is 0 Å². The zero-order valence-electron chi connectivity index (χ0n) is 18.9. The number of ketones is 1. The fourth-order valence-electron chi connectivity index (χ4n) is 3.72. The van der Waals surface area contributed by atoms with Gasteiger partial charge in [0.15, 0.2) is 11.5 Å². The highest BCUT2D eigenvalue weighted by Gasteiger charge is 2.46. The van der Waals surface area contributed by atoms with Gasteiger partial charge in [-0.05, 0) is 35.9 Å². The number of carbonyl (C=O) groups is 2. The van der Waals surface area contributed by atoms with Gasteiger partial charge in [0.25, 0.3) is 11.7 Å². The summed E-state index contributed by atoms with van der Waals surface area (Å²) in [5.41, 5.74) is 0.916. The standard InChI is InChI=1S/C25H27NO7/c1-5-12-33-18-8-6-7-16(14-18)22-21(24(28)25(29)26(22)11-13-30-2)23(27)17-9-10-19(31-3)20(15-17)32-4/h5-10,14-15,22,27H,1,11-13H2,2-4H3/b23-21+. The first-order valence-corrected chi connectivity index (χ1v) is 10.3. The zero-order chi connectivity index (χ0) is 24.0. The molecule has 1 amide bonds. The average Bonchev–Trinajstić information content (AvgIpc) is 3.10. The number of likely N-dealkylation sites (tertiary alicyclic amines) is 1. The number of hydrogen-bond acceptors (Lipinski definition) is 7. The smallest absolute Gasteiger partial charge is 0.295 e. The van der Waals surface area contributed by atoms with Crippen molar-refractivity contribution >= 4 is 17.4 Å². The van der Waals surface area contributed by atoms with Gasteiger partial charge in [-0.2, -0.15) is 0 Å². The molecule has 1 unspecified atom stereocenters. The Hall–Kier alpha value is -3.78. The van der Waals surface area contributed by atoms with Crippen LogP contribution in [-0.2, 0) is 14.3 Å². The van der Waals surface area contributed by atoms with Gasteiger partial charge >= 0.3 is 0 Å². The van der Waals surface area contributed by atoms with Crippen molar-refractivity contribution in [1.29, 1.82) is 0 Å². The molecule has 2 aromatic rings. The number of methoxy groups -OCH3 is 3. The highest BCUT2D eigenvalue weighted by Crippen LogP contribution is 2.41. The van der Waals surface area contributed by atoms with Gasteiger partial charge in [-0.3, -0.25) is 9.59 Å². The summed E-state index contributed by atoms with van der Waals surface area (Å²) in [4.78, 5) is 27.4. The fourth-order valence-corrected chi connectivity index (χ4v) is 3.72. The SMILES string of the molecule is C=CCOc1cccc(C2/C(=C(\O)c3ccc(OC)c(OC)c3)C(=O)C(=O)N2CCOC)c1. The van der Waals surface area contributed by atoms with Crippen LogP contribution in [0.5, 0.6) is 17.2 Å². The molecule has 1 atom stereocenters. The molecular weight excluding hydrogens is 426 g/mol. The van der Waals surface area contributed by atoms with E-state index in [9.17, 15) is 14.7 Å². The minimum Gasteiger partial charge on any atom is -0.507 e. The quantitative estimate of drug-likeness (QED) is 0.255. The molecule has 8 nitrogen and oxygen atoms in total. The Balaban J connectivity index is 2.15. The topological polar surface area (TPSA) is 94.5 Å². The van der Waals surface area contributed by atoms with Gasteiger partial charge in [-0.15, -0.1) is 0 Å². The molecule has 0 aliphatic carbocycles. The second-order valence-corrected chi connectivity index (χ2v) is 7.23. The molecule has 33 heavy (non-hydrogen) atoms. The summed E-state index contributed by atoms with van der Waals surface area (Å²) in [6.07, 6.45) is 1.62. The molecule has 1 saturated heterocycles. The summed E-state index contributed by atoms with van der Waals surface area (Å²) in [6, 6.07) is 11.0. The average molecular weight is 453 g/mol. The Morgan fingerprint density at radius 3 is 2.52 bits per heavy atom. The molecule has 0 radical (unpaired) electrons. The Morgan fingerprint density at radius 1 is 1.09 bits per heavy atom. The van der Waals surface area contributed by atoms with Crippen molar-refractivity contribution in [3.8, 4) is 17.2 Å². The molecule has 1 aliphatic rings. The molecule has 0 saturated carbocycles. The molecule has 1 heterocycles. The van der Waals surface area contributed by atoms with Crippen LogP contribution in [-0.4, -0.2) is 62.8 Å². The third-order valence-electron chi connectivity index (χ3n) is 5.27. The third-order valence-corrected chi connectivity index (χ3v) is 5.27. The Kier molecular flexibility index (Phi) is 7.74. The normalized spacial score (nSPS) is 17.2. The predicted octanol–water partition coefficient (Wildman–Crippen LogP) is 3.34. The van der Waals surface area contributed by atoms with Crippen LogP contribution in [0.3, 0.4) is 0 Å². The van der Waals surface area contributed by atoms with Crippen molar-refractivity contribution in [2.24, 2.45) is 0 Å². The maximum atomic E-state index is 13.1. The second kappa shape index (κ2) is 10.7. The third kappa shape index (κ3) is 4.85. The number of rotatable bonds is 10. The van der Waals surface area contributed by atoms with E-state index in [1.807, 2.05) is 0 Å². The zero-order valence-corrected chi connectivity index (χ0v) is 18.9. The van der Waals surface area contributed by atoms with E-state index < -0.39 is 17.7 Å². The monoisotopic (exact) mass is 453 g/mol. The van der Waals surface area contributed by atoms with E-state index in [4.69, 9.17) is 18.9 Å². The van der Waals surface area contributed by atoms with Gasteiger partial charge in [0.05, 0.1) is 32.4 Å². The number of ether oxygens (including phenoxy) is 4. The van der Waals surface area contributed by atoms with E-state index >= 15 is 0 Å². The molecule has 1 N–H and O–H groups in total. The van der Waals surface area contributed by atoms with Gasteiger partial charge in [0.2, 0.25) is 0 Å². The van der Waals surface area contributed by atoms with Crippen LogP contribution in [0, 0.1) is 0 Å². The van der Waals surface area contributed by atoms with Gasteiger partial charge in [0, 0.05) is 19.2 Å². The molecular formula is C25H27NO7. The molecule has 3 rings (SSSR count). The Bertz CT molecular complexity index is 1080. The highest BCUT2D eigenvalue weighted by molar-refractivity contribution is 6.46. The van der Waals surface area contributed by atoms with Gasteiger partial charge < -0.3 is 29.0 Å². The summed E-state index contributed by atoms with van der Waals surface area (Å²) in [7, 11) is 4.49. The molecule has 2 aromatic carbocycles. The van der Waals surface area contributed by atoms with Gasteiger partial charge in [-0.25, -0.2) is 0 Å². The number of aliphatic hydroxyl groups is 1. The molecule has 1 fully saturated rings. The second-order valence-electron chi connectivity index (χ2n) is 7.23. The Morgan fingerprint density at radius 2 is 1.85 bits per heavy atom. The van der Waals surface area contributed by atoms with E-state index in [1.54, 1.807) is 48.5 Å². The molecule has 0 spiro atoms. The highest BCUT2D eigenvalue weighted by atomic mass is 16.5. The molecule has 1 aliphatic heterocycles. The van der Waals surface area contributed by atoms with Gasteiger partial charge in [0.1, 0.15) is 18.1 Å². The van der Waals surface area contributed by atoms with Gasteiger partial charge in [-0.1, -0.05) is 24.8 Å². The van der Waals surface area contributed by atoms with E-state index in [0.29, 0.717) is 35.0 Å². The van der Waals surface area contributed by atoms with E-state index in [1.165, 1.54) is 26.2 Å². The lowest BCUT2D eigenvalue weighted by molar-refractivity contribution is -0.140.